The number of ether oxygens (including phenoxy) is 2. The smallest absolute Gasteiger partial charge is 0.416 e. The zero-order valence-electron chi connectivity index (χ0n) is 20.4. The lowest BCUT2D eigenvalue weighted by Gasteiger charge is -2.39. The van der Waals surface area contributed by atoms with Crippen LogP contribution >= 0.6 is 0 Å². The molecule has 1 saturated heterocycles. The van der Waals surface area contributed by atoms with Crippen molar-refractivity contribution in [3.63, 3.8) is 0 Å². The third-order valence-electron chi connectivity index (χ3n) is 5.96. The van der Waals surface area contributed by atoms with Crippen molar-refractivity contribution < 1.29 is 32.2 Å². The predicted octanol–water partition coefficient (Wildman–Crippen LogP) is 7.48. The summed E-state index contributed by atoms with van der Waals surface area (Å²) in [4.78, 5) is 26.5. The number of rotatable bonds is 6. The van der Waals surface area contributed by atoms with Crippen LogP contribution in [0, 0.1) is 5.92 Å². The fraction of sp³-hybridized carbons (Fsp3) is 0.357. The first-order valence-corrected chi connectivity index (χ1v) is 11.8. The van der Waals surface area contributed by atoms with E-state index < -0.39 is 17.3 Å². The van der Waals surface area contributed by atoms with Gasteiger partial charge in [-0.3, -0.25) is 4.79 Å². The lowest BCUT2D eigenvalue weighted by Crippen LogP contribution is -2.51. The minimum absolute atomic E-state index is 0.0154. The molecule has 1 aliphatic rings. The highest BCUT2D eigenvalue weighted by Gasteiger charge is 2.33. The van der Waals surface area contributed by atoms with Gasteiger partial charge in [-0.25, -0.2) is 4.79 Å². The molecule has 0 aromatic heterocycles. The first-order chi connectivity index (χ1) is 16.9. The Labute approximate surface area is 207 Å². The summed E-state index contributed by atoms with van der Waals surface area (Å²) in [5.74, 6) is 1.06. The molecule has 0 atom stereocenters. The maximum Gasteiger partial charge on any atom is 0.416 e. The van der Waals surface area contributed by atoms with Gasteiger partial charge in [-0.05, 0) is 81.0 Å². The second-order valence-corrected chi connectivity index (χ2v) is 10.0. The zero-order chi connectivity index (χ0) is 26.1. The molecule has 3 aromatic carbocycles. The Balaban J connectivity index is 1.36. The number of halogens is 3. The number of ketones is 1. The largest absolute Gasteiger partial charge is 0.457 e. The van der Waals surface area contributed by atoms with Crippen LogP contribution in [-0.2, 0) is 10.9 Å². The van der Waals surface area contributed by atoms with Gasteiger partial charge >= 0.3 is 12.3 Å². The Bertz CT molecular complexity index is 1260. The van der Waals surface area contributed by atoms with E-state index >= 15 is 0 Å². The molecule has 3 aromatic rings. The number of carbonyl (C=O) groups is 2. The van der Waals surface area contributed by atoms with Crippen LogP contribution in [0.15, 0.2) is 60.7 Å². The van der Waals surface area contributed by atoms with Crippen molar-refractivity contribution in [2.24, 2.45) is 5.92 Å². The van der Waals surface area contributed by atoms with Gasteiger partial charge in [-0.15, -0.1) is 0 Å². The van der Waals surface area contributed by atoms with Crippen molar-refractivity contribution in [3.05, 3.63) is 71.8 Å². The van der Waals surface area contributed by atoms with Crippen LogP contribution in [0.2, 0.25) is 0 Å². The molecule has 0 N–H and O–H groups in total. The van der Waals surface area contributed by atoms with Crippen LogP contribution in [0.1, 0.15) is 49.5 Å². The molecule has 8 heteroatoms. The van der Waals surface area contributed by atoms with E-state index in [0.29, 0.717) is 37.2 Å². The van der Waals surface area contributed by atoms with Gasteiger partial charge in [0.25, 0.3) is 0 Å². The molecule has 0 saturated carbocycles. The van der Waals surface area contributed by atoms with Crippen LogP contribution in [0.5, 0.6) is 11.5 Å². The van der Waals surface area contributed by atoms with E-state index in [4.69, 9.17) is 9.47 Å². The van der Waals surface area contributed by atoms with E-state index in [2.05, 4.69) is 0 Å². The van der Waals surface area contributed by atoms with Crippen molar-refractivity contribution in [2.45, 2.75) is 45.4 Å². The second kappa shape index (κ2) is 9.84. The number of nitrogens with zero attached hydrogens (tertiary/aromatic N) is 1. The fourth-order valence-corrected chi connectivity index (χ4v) is 4.06. The Hall–Kier alpha value is -3.55. The summed E-state index contributed by atoms with van der Waals surface area (Å²) in [6.45, 7) is 6.66. The van der Waals surface area contributed by atoms with Crippen LogP contribution in [0.3, 0.4) is 0 Å². The van der Waals surface area contributed by atoms with Crippen LogP contribution in [-0.4, -0.2) is 35.5 Å². The first-order valence-electron chi connectivity index (χ1n) is 11.8. The standard InChI is InChI=1S/C28H28F3NO4/c1-27(2,3)36-26(34)32-16-18(17-32)7-14-24(33)20-8-13-23-19(15-20)5-4-6-25(23)35-22-11-9-21(10-12-22)28(29,30)31/h4-6,8-13,15,18H,7,14,16-17H2,1-3H3. The lowest BCUT2D eigenvalue weighted by atomic mass is 9.92. The van der Waals surface area contributed by atoms with Gasteiger partial charge in [0, 0.05) is 30.5 Å². The van der Waals surface area contributed by atoms with Gasteiger partial charge in [0.2, 0.25) is 0 Å². The summed E-state index contributed by atoms with van der Waals surface area (Å²) in [5, 5.41) is 1.55. The second-order valence-electron chi connectivity index (χ2n) is 10.0. The number of benzene rings is 3. The topological polar surface area (TPSA) is 55.8 Å². The summed E-state index contributed by atoms with van der Waals surface area (Å²) in [5.41, 5.74) is -0.690. The van der Waals surface area contributed by atoms with Gasteiger partial charge in [0.05, 0.1) is 5.56 Å². The fourth-order valence-electron chi connectivity index (χ4n) is 4.06. The van der Waals surface area contributed by atoms with Gasteiger partial charge in [0.15, 0.2) is 5.78 Å². The van der Waals surface area contributed by atoms with Crippen molar-refractivity contribution in [1.82, 2.24) is 4.90 Å². The average Bonchev–Trinajstić information content (AvgIpc) is 2.76. The summed E-state index contributed by atoms with van der Waals surface area (Å²) >= 11 is 0. The number of amides is 1. The molecule has 1 amide bonds. The summed E-state index contributed by atoms with van der Waals surface area (Å²) in [6, 6.07) is 15.2. The molecular formula is C28H28F3NO4. The zero-order valence-corrected chi connectivity index (χ0v) is 20.4. The SMILES string of the molecule is CC(C)(C)OC(=O)N1CC(CCC(=O)c2ccc3c(Oc4ccc(C(F)(F)F)cc4)cccc3c2)C1. The predicted molar refractivity (Wildman–Crippen MR) is 130 cm³/mol. The van der Waals surface area contributed by atoms with E-state index in [-0.39, 0.29) is 23.5 Å². The number of carbonyl (C=O) groups excluding carboxylic acids is 2. The molecule has 0 bridgehead atoms. The van der Waals surface area contributed by atoms with Crippen LogP contribution in [0.4, 0.5) is 18.0 Å². The molecule has 0 radical (unpaired) electrons. The van der Waals surface area contributed by atoms with E-state index in [0.717, 1.165) is 22.9 Å². The summed E-state index contributed by atoms with van der Waals surface area (Å²) in [6.07, 6.45) is -3.67. The average molecular weight is 500 g/mol. The van der Waals surface area contributed by atoms with Crippen molar-refractivity contribution in [2.75, 3.05) is 13.1 Å². The number of likely N-dealkylation sites (tertiary alicyclic amines) is 1. The highest BCUT2D eigenvalue weighted by molar-refractivity contribution is 6.01. The number of alkyl halides is 3. The molecule has 5 nitrogen and oxygen atoms in total. The highest BCUT2D eigenvalue weighted by Crippen LogP contribution is 2.34. The third kappa shape index (κ3) is 6.17. The maximum absolute atomic E-state index is 12.8. The number of Topliss-reactive ketones (excluding diaryl/α,β-unsaturated/α-hetero) is 1. The Morgan fingerprint density at radius 2 is 1.67 bits per heavy atom. The lowest BCUT2D eigenvalue weighted by molar-refractivity contribution is -0.137. The Morgan fingerprint density at radius 3 is 2.31 bits per heavy atom. The molecule has 1 aliphatic heterocycles. The van der Waals surface area contributed by atoms with E-state index in [1.165, 1.54) is 12.1 Å². The Kier molecular flexibility index (Phi) is 6.98. The minimum atomic E-state index is -4.41. The quantitative estimate of drug-likeness (QED) is 0.330. The molecular weight excluding hydrogens is 471 g/mol. The van der Waals surface area contributed by atoms with Crippen molar-refractivity contribution in [3.8, 4) is 11.5 Å². The number of hydrogen-bond donors (Lipinski definition) is 0. The first kappa shape index (κ1) is 25.5. The monoisotopic (exact) mass is 499 g/mol. The van der Waals surface area contributed by atoms with E-state index in [1.54, 1.807) is 35.2 Å². The summed E-state index contributed by atoms with van der Waals surface area (Å²) in [7, 11) is 0. The maximum atomic E-state index is 12.8. The van der Waals surface area contributed by atoms with Crippen molar-refractivity contribution in [1.29, 1.82) is 0 Å². The molecule has 0 spiro atoms. The number of fused-ring (bicyclic) bond motifs is 1. The molecule has 1 heterocycles. The van der Waals surface area contributed by atoms with E-state index in [1.807, 2.05) is 26.8 Å². The van der Waals surface area contributed by atoms with Crippen molar-refractivity contribution >= 4 is 22.6 Å². The Morgan fingerprint density at radius 1 is 0.972 bits per heavy atom. The van der Waals surface area contributed by atoms with Gasteiger partial charge < -0.3 is 14.4 Å². The third-order valence-corrected chi connectivity index (χ3v) is 5.96. The molecule has 1 fully saturated rings. The normalized spacial score (nSPS) is 14.4. The molecule has 0 unspecified atom stereocenters. The molecule has 190 valence electrons. The minimum Gasteiger partial charge on any atom is -0.457 e. The van der Waals surface area contributed by atoms with Gasteiger partial charge in [0.1, 0.15) is 17.1 Å². The molecule has 36 heavy (non-hydrogen) atoms. The summed E-state index contributed by atoms with van der Waals surface area (Å²) < 4.78 is 49.6. The van der Waals surface area contributed by atoms with E-state index in [9.17, 15) is 22.8 Å². The molecule has 4 rings (SSSR count). The van der Waals surface area contributed by atoms with Gasteiger partial charge in [-0.2, -0.15) is 13.2 Å². The van der Waals surface area contributed by atoms with Crippen LogP contribution < -0.4 is 4.74 Å². The molecule has 0 aliphatic carbocycles. The number of hydrogen-bond acceptors (Lipinski definition) is 4. The highest BCUT2D eigenvalue weighted by atomic mass is 19.4. The van der Waals surface area contributed by atoms with Gasteiger partial charge in [-0.1, -0.05) is 18.2 Å². The van der Waals surface area contributed by atoms with Crippen LogP contribution in [0.25, 0.3) is 10.8 Å².